The van der Waals surface area contributed by atoms with E-state index in [9.17, 15) is 23.1 Å². The van der Waals surface area contributed by atoms with Crippen molar-refractivity contribution in [3.63, 3.8) is 0 Å². The fraction of sp³-hybridized carbons (Fsp3) is 0.412. The van der Waals surface area contributed by atoms with Gasteiger partial charge in [0.1, 0.15) is 5.69 Å². The number of nitrogens with zero attached hydrogens (tertiary/aromatic N) is 1. The van der Waals surface area contributed by atoms with Crippen LogP contribution < -0.4 is 5.32 Å². The Morgan fingerprint density at radius 1 is 1.33 bits per heavy atom. The van der Waals surface area contributed by atoms with E-state index in [1.54, 1.807) is 24.3 Å². The van der Waals surface area contributed by atoms with Gasteiger partial charge in [-0.15, -0.1) is 0 Å². The molecule has 1 aromatic carbocycles. The van der Waals surface area contributed by atoms with Crippen molar-refractivity contribution in [3.05, 3.63) is 35.0 Å². The number of sulfone groups is 1. The van der Waals surface area contributed by atoms with Crippen LogP contribution in [0.4, 0.5) is 0 Å². The van der Waals surface area contributed by atoms with Crippen LogP contribution in [0.5, 0.6) is 0 Å². The van der Waals surface area contributed by atoms with Gasteiger partial charge in [0.05, 0.1) is 24.7 Å². The van der Waals surface area contributed by atoms with E-state index in [1.165, 1.54) is 4.90 Å². The molecule has 2 aromatic rings. The molecule has 3 N–H and O–H groups in total. The van der Waals surface area contributed by atoms with Crippen molar-refractivity contribution in [3.8, 4) is 0 Å². The first-order chi connectivity index (χ1) is 12.8. The average molecular weight is 414 g/mol. The summed E-state index contributed by atoms with van der Waals surface area (Å²) in [6, 6.07) is 6.34. The van der Waals surface area contributed by atoms with E-state index in [-0.39, 0.29) is 36.9 Å². The molecule has 1 saturated heterocycles. The molecule has 0 saturated carbocycles. The summed E-state index contributed by atoms with van der Waals surface area (Å²) in [4.78, 5) is 29.1. The fourth-order valence-corrected chi connectivity index (χ4v) is 5.13. The van der Waals surface area contributed by atoms with Gasteiger partial charge in [-0.05, 0) is 30.7 Å². The Morgan fingerprint density at radius 2 is 2.11 bits per heavy atom. The summed E-state index contributed by atoms with van der Waals surface area (Å²) in [6.07, 6.45) is 0.338. The number of halogens is 1. The van der Waals surface area contributed by atoms with E-state index in [1.807, 2.05) is 0 Å². The summed E-state index contributed by atoms with van der Waals surface area (Å²) in [7, 11) is -3.16. The van der Waals surface area contributed by atoms with Gasteiger partial charge in [-0.1, -0.05) is 11.6 Å². The van der Waals surface area contributed by atoms with Crippen molar-refractivity contribution < 1.29 is 23.1 Å². The zero-order valence-corrected chi connectivity index (χ0v) is 16.0. The highest BCUT2D eigenvalue weighted by Crippen LogP contribution is 2.20. The number of carbonyl (C=O) groups excluding carboxylic acids is 2. The number of amides is 2. The second kappa shape index (κ2) is 7.87. The summed E-state index contributed by atoms with van der Waals surface area (Å²) >= 11 is 5.93. The third-order valence-electron chi connectivity index (χ3n) is 4.54. The molecule has 0 radical (unpaired) electrons. The van der Waals surface area contributed by atoms with E-state index in [2.05, 4.69) is 10.3 Å². The molecule has 10 heteroatoms. The number of benzene rings is 1. The van der Waals surface area contributed by atoms with Crippen LogP contribution in [0, 0.1) is 0 Å². The third-order valence-corrected chi connectivity index (χ3v) is 6.52. The molecule has 27 heavy (non-hydrogen) atoms. The molecule has 0 spiro atoms. The van der Waals surface area contributed by atoms with Gasteiger partial charge in [-0.3, -0.25) is 9.59 Å². The number of hydrogen-bond donors (Lipinski definition) is 3. The number of hydrogen-bond acceptors (Lipinski definition) is 5. The summed E-state index contributed by atoms with van der Waals surface area (Å²) in [5, 5.41) is 13.0. The molecule has 3 rings (SSSR count). The van der Waals surface area contributed by atoms with Crippen molar-refractivity contribution in [2.24, 2.45) is 0 Å². The van der Waals surface area contributed by atoms with Crippen molar-refractivity contribution in [2.75, 3.05) is 31.2 Å². The van der Waals surface area contributed by atoms with E-state index in [0.717, 1.165) is 10.9 Å². The smallest absolute Gasteiger partial charge is 0.268 e. The molecule has 2 heterocycles. The van der Waals surface area contributed by atoms with E-state index < -0.39 is 27.7 Å². The normalized spacial score (nSPS) is 18.5. The third kappa shape index (κ3) is 4.60. The first kappa shape index (κ1) is 19.7. The second-order valence-electron chi connectivity index (χ2n) is 6.46. The molecule has 1 unspecified atom stereocenters. The predicted octanol–water partition coefficient (Wildman–Crippen LogP) is 0.559. The van der Waals surface area contributed by atoms with Crippen molar-refractivity contribution >= 4 is 44.2 Å². The number of H-pyrrole nitrogens is 1. The molecular formula is C17H20ClN3O5S. The summed E-state index contributed by atoms with van der Waals surface area (Å²) in [5.74, 6) is -0.982. The molecule has 8 nitrogen and oxygen atoms in total. The van der Waals surface area contributed by atoms with Crippen LogP contribution in [0.25, 0.3) is 10.9 Å². The van der Waals surface area contributed by atoms with Gasteiger partial charge in [-0.2, -0.15) is 0 Å². The molecule has 1 fully saturated rings. The second-order valence-corrected chi connectivity index (χ2v) is 9.13. The van der Waals surface area contributed by atoms with Crippen LogP contribution in [-0.2, 0) is 14.6 Å². The quantitative estimate of drug-likeness (QED) is 0.639. The summed E-state index contributed by atoms with van der Waals surface area (Å²) in [5.41, 5.74) is 1.03. The van der Waals surface area contributed by atoms with Gasteiger partial charge < -0.3 is 20.3 Å². The minimum Gasteiger partial charge on any atom is -0.395 e. The molecule has 0 aliphatic carbocycles. The van der Waals surface area contributed by atoms with E-state index >= 15 is 0 Å². The highest BCUT2D eigenvalue weighted by atomic mass is 35.5. The monoisotopic (exact) mass is 413 g/mol. The molecular weight excluding hydrogens is 394 g/mol. The maximum absolute atomic E-state index is 12.5. The van der Waals surface area contributed by atoms with Gasteiger partial charge in [-0.25, -0.2) is 8.42 Å². The first-order valence-electron chi connectivity index (χ1n) is 8.46. The van der Waals surface area contributed by atoms with Gasteiger partial charge in [0.2, 0.25) is 5.91 Å². The van der Waals surface area contributed by atoms with Crippen LogP contribution in [0.15, 0.2) is 24.3 Å². The summed E-state index contributed by atoms with van der Waals surface area (Å²) in [6.45, 7) is -0.537. The standard InChI is InChI=1S/C17H20ClN3O5S/c18-12-1-2-14-11(7-12)8-15(20-14)17(24)19-9-16(23)21(4-5-22)13-3-6-27(25,26)10-13/h1-2,7-8,13,20,22H,3-6,9-10H2,(H,19,24). The highest BCUT2D eigenvalue weighted by Gasteiger charge is 2.34. The Bertz CT molecular complexity index is 972. The van der Waals surface area contributed by atoms with Crippen LogP contribution in [0.3, 0.4) is 0 Å². The molecule has 146 valence electrons. The van der Waals surface area contributed by atoms with E-state index in [4.69, 9.17) is 11.6 Å². The number of aromatic amines is 1. The Hall–Kier alpha value is -2.10. The lowest BCUT2D eigenvalue weighted by atomic mass is 10.2. The van der Waals surface area contributed by atoms with Gasteiger partial charge in [0, 0.05) is 28.5 Å². The lowest BCUT2D eigenvalue weighted by Gasteiger charge is -2.27. The summed E-state index contributed by atoms with van der Waals surface area (Å²) < 4.78 is 23.3. The predicted molar refractivity (Wildman–Crippen MR) is 101 cm³/mol. The van der Waals surface area contributed by atoms with Gasteiger partial charge in [0.25, 0.3) is 5.91 Å². The first-order valence-corrected chi connectivity index (χ1v) is 10.7. The molecule has 1 aromatic heterocycles. The lowest BCUT2D eigenvalue weighted by Crippen LogP contribution is -2.47. The largest absolute Gasteiger partial charge is 0.395 e. The number of aliphatic hydroxyl groups excluding tert-OH is 1. The topological polar surface area (TPSA) is 120 Å². The number of nitrogens with one attached hydrogen (secondary N) is 2. The van der Waals surface area contributed by atoms with Crippen LogP contribution in [0.2, 0.25) is 5.02 Å². The lowest BCUT2D eigenvalue weighted by molar-refractivity contribution is -0.132. The maximum Gasteiger partial charge on any atom is 0.268 e. The minimum absolute atomic E-state index is 0.0247. The SMILES string of the molecule is O=C(NCC(=O)N(CCO)C1CCS(=O)(=O)C1)c1cc2cc(Cl)ccc2[nH]1. The number of fused-ring (bicyclic) bond motifs is 1. The molecule has 1 aliphatic rings. The van der Waals surface area contributed by atoms with Crippen LogP contribution in [0.1, 0.15) is 16.9 Å². The fourth-order valence-electron chi connectivity index (χ4n) is 3.22. The zero-order valence-electron chi connectivity index (χ0n) is 14.4. The van der Waals surface area contributed by atoms with Crippen molar-refractivity contribution in [2.45, 2.75) is 12.5 Å². The number of carbonyl (C=O) groups is 2. The number of aromatic nitrogens is 1. The van der Waals surface area contributed by atoms with Crippen LogP contribution >= 0.6 is 11.6 Å². The van der Waals surface area contributed by atoms with Crippen LogP contribution in [-0.4, -0.2) is 72.5 Å². The van der Waals surface area contributed by atoms with E-state index in [0.29, 0.717) is 11.4 Å². The van der Waals surface area contributed by atoms with Gasteiger partial charge in [0.15, 0.2) is 9.84 Å². The Labute approximate surface area is 161 Å². The molecule has 0 bridgehead atoms. The molecule has 1 atom stereocenters. The van der Waals surface area contributed by atoms with Gasteiger partial charge >= 0.3 is 0 Å². The Morgan fingerprint density at radius 3 is 2.78 bits per heavy atom. The van der Waals surface area contributed by atoms with Crippen molar-refractivity contribution in [1.82, 2.24) is 15.2 Å². The molecule has 1 aliphatic heterocycles. The Balaban J connectivity index is 1.64. The number of aliphatic hydroxyl groups is 1. The van der Waals surface area contributed by atoms with Crippen molar-refractivity contribution in [1.29, 1.82) is 0 Å². The maximum atomic E-state index is 12.5. The Kier molecular flexibility index (Phi) is 5.73. The average Bonchev–Trinajstić information content (AvgIpc) is 3.19. The highest BCUT2D eigenvalue weighted by molar-refractivity contribution is 7.91. The molecule has 2 amide bonds. The number of rotatable bonds is 6. The zero-order chi connectivity index (χ0) is 19.6. The minimum atomic E-state index is -3.16.